The number of alkyl halides is 3. The summed E-state index contributed by atoms with van der Waals surface area (Å²) in [6.07, 6.45) is -4.21. The first-order valence-corrected chi connectivity index (χ1v) is 7.72. The van der Waals surface area contributed by atoms with Crippen LogP contribution in [0.15, 0.2) is 47.4 Å². The van der Waals surface area contributed by atoms with Gasteiger partial charge in [-0.15, -0.1) is 0 Å². The Hall–Kier alpha value is -3.10. The van der Waals surface area contributed by atoms with Crippen molar-refractivity contribution < 1.29 is 22.8 Å². The molecule has 1 aromatic heterocycles. The maximum Gasteiger partial charge on any atom is 0.417 e. The molecule has 3 rings (SSSR count). The van der Waals surface area contributed by atoms with E-state index in [9.17, 15) is 27.6 Å². The Labute approximate surface area is 145 Å². The van der Waals surface area contributed by atoms with E-state index in [0.29, 0.717) is 18.0 Å². The van der Waals surface area contributed by atoms with Gasteiger partial charge in [0.1, 0.15) is 5.69 Å². The molecule has 2 heterocycles. The van der Waals surface area contributed by atoms with E-state index in [1.165, 1.54) is 4.90 Å². The van der Waals surface area contributed by atoms with Crippen LogP contribution >= 0.6 is 0 Å². The fourth-order valence-electron chi connectivity index (χ4n) is 2.72. The number of carbonyl (C=O) groups excluding carboxylic acids is 2. The van der Waals surface area contributed by atoms with Crippen molar-refractivity contribution in [3.8, 4) is 0 Å². The van der Waals surface area contributed by atoms with Crippen LogP contribution in [-0.2, 0) is 15.8 Å². The third-order valence-electron chi connectivity index (χ3n) is 4.05. The lowest BCUT2D eigenvalue weighted by molar-refractivity contribution is -0.137. The van der Waals surface area contributed by atoms with Gasteiger partial charge in [-0.2, -0.15) is 13.2 Å². The Bertz CT molecular complexity index is 893. The van der Waals surface area contributed by atoms with Crippen LogP contribution in [0.4, 0.5) is 24.5 Å². The van der Waals surface area contributed by atoms with Gasteiger partial charge in [0.05, 0.1) is 11.5 Å². The van der Waals surface area contributed by atoms with Crippen LogP contribution in [0.25, 0.3) is 0 Å². The maximum atomic E-state index is 12.7. The van der Waals surface area contributed by atoms with Crippen molar-refractivity contribution in [2.45, 2.75) is 12.6 Å². The number of benzene rings is 1. The van der Waals surface area contributed by atoms with Crippen LogP contribution in [0.2, 0.25) is 0 Å². The molecule has 1 fully saturated rings. The average molecular weight is 365 g/mol. The van der Waals surface area contributed by atoms with Gasteiger partial charge in [0.2, 0.25) is 11.8 Å². The van der Waals surface area contributed by atoms with E-state index >= 15 is 0 Å². The first-order chi connectivity index (χ1) is 12.3. The van der Waals surface area contributed by atoms with Gasteiger partial charge in [-0.05, 0) is 18.2 Å². The molecule has 1 atom stereocenters. The highest BCUT2D eigenvalue weighted by Crippen LogP contribution is 2.30. The van der Waals surface area contributed by atoms with Crippen LogP contribution in [0, 0.1) is 5.92 Å². The van der Waals surface area contributed by atoms with Crippen molar-refractivity contribution in [3.63, 3.8) is 0 Å². The lowest BCUT2D eigenvalue weighted by Crippen LogP contribution is -2.30. The molecule has 1 aliphatic rings. The molecule has 1 aromatic carbocycles. The molecule has 2 aromatic rings. The van der Waals surface area contributed by atoms with Crippen LogP contribution in [0.1, 0.15) is 12.0 Å². The fraction of sp³-hybridized carbons (Fsp3) is 0.235. The molecular weight excluding hydrogens is 351 g/mol. The molecule has 0 aliphatic carbocycles. The largest absolute Gasteiger partial charge is 0.417 e. The second-order valence-electron chi connectivity index (χ2n) is 5.86. The van der Waals surface area contributed by atoms with Crippen LogP contribution < -0.4 is 15.8 Å². The summed E-state index contributed by atoms with van der Waals surface area (Å²) in [6.45, 7) is 0.0888. The van der Waals surface area contributed by atoms with Crippen molar-refractivity contribution in [2.75, 3.05) is 16.8 Å². The van der Waals surface area contributed by atoms with E-state index in [1.54, 1.807) is 30.3 Å². The maximum absolute atomic E-state index is 12.7. The number of hydrogen-bond donors (Lipinski definition) is 2. The van der Waals surface area contributed by atoms with Gasteiger partial charge in [-0.1, -0.05) is 18.2 Å². The predicted octanol–water partition coefficient (Wildman–Crippen LogP) is 2.39. The van der Waals surface area contributed by atoms with E-state index in [4.69, 9.17) is 0 Å². The first kappa shape index (κ1) is 17.7. The molecular formula is C17H14F3N3O3. The van der Waals surface area contributed by atoms with E-state index in [0.717, 1.165) is 0 Å². The molecule has 0 spiro atoms. The molecule has 1 unspecified atom stereocenters. The molecule has 2 N–H and O–H groups in total. The number of pyridine rings is 1. The number of nitrogens with zero attached hydrogens (tertiary/aromatic N) is 1. The summed E-state index contributed by atoms with van der Waals surface area (Å²) in [6, 6.07) is 9.29. The molecule has 0 bridgehead atoms. The van der Waals surface area contributed by atoms with E-state index in [2.05, 4.69) is 5.32 Å². The standard InChI is InChI=1S/C17H14F3N3O3/c18-17(19,20)11-7-13(16(26)21-8-11)22-15(25)10-6-14(24)23(9-10)12-4-2-1-3-5-12/h1-5,7-8,10H,6,9H2,(H,21,26)(H,22,25). The van der Waals surface area contributed by atoms with Gasteiger partial charge >= 0.3 is 6.18 Å². The zero-order valence-electron chi connectivity index (χ0n) is 13.3. The lowest BCUT2D eigenvalue weighted by atomic mass is 10.1. The molecule has 136 valence electrons. The van der Waals surface area contributed by atoms with Gasteiger partial charge in [-0.25, -0.2) is 0 Å². The van der Waals surface area contributed by atoms with Crippen molar-refractivity contribution >= 4 is 23.2 Å². The Morgan fingerprint density at radius 2 is 1.88 bits per heavy atom. The second kappa shape index (κ2) is 6.66. The van der Waals surface area contributed by atoms with Gasteiger partial charge in [0.25, 0.3) is 5.56 Å². The molecule has 9 heteroatoms. The number of nitrogens with one attached hydrogen (secondary N) is 2. The van der Waals surface area contributed by atoms with Gasteiger partial charge in [0.15, 0.2) is 0 Å². The van der Waals surface area contributed by atoms with E-state index in [1.807, 2.05) is 4.98 Å². The minimum absolute atomic E-state index is 0.0857. The van der Waals surface area contributed by atoms with Crippen LogP contribution in [-0.4, -0.2) is 23.3 Å². The van der Waals surface area contributed by atoms with Gasteiger partial charge in [-0.3, -0.25) is 14.4 Å². The topological polar surface area (TPSA) is 82.3 Å². The minimum atomic E-state index is -4.66. The van der Waals surface area contributed by atoms with E-state index < -0.39 is 34.8 Å². The van der Waals surface area contributed by atoms with Crippen molar-refractivity contribution in [1.82, 2.24) is 4.98 Å². The minimum Gasteiger partial charge on any atom is -0.327 e. The third kappa shape index (κ3) is 3.61. The summed E-state index contributed by atoms with van der Waals surface area (Å²) in [4.78, 5) is 39.5. The zero-order chi connectivity index (χ0) is 18.9. The summed E-state index contributed by atoms with van der Waals surface area (Å²) in [5, 5.41) is 2.20. The number of rotatable bonds is 3. The summed E-state index contributed by atoms with van der Waals surface area (Å²) < 4.78 is 38.2. The highest BCUT2D eigenvalue weighted by molar-refractivity contribution is 6.03. The van der Waals surface area contributed by atoms with Crippen LogP contribution in [0.3, 0.4) is 0 Å². The average Bonchev–Trinajstić information content (AvgIpc) is 2.98. The normalized spacial score (nSPS) is 17.4. The number of anilines is 2. The Morgan fingerprint density at radius 3 is 2.54 bits per heavy atom. The predicted molar refractivity (Wildman–Crippen MR) is 87.6 cm³/mol. The van der Waals surface area contributed by atoms with Crippen molar-refractivity contribution in [1.29, 1.82) is 0 Å². The number of hydrogen-bond acceptors (Lipinski definition) is 3. The fourth-order valence-corrected chi connectivity index (χ4v) is 2.72. The first-order valence-electron chi connectivity index (χ1n) is 7.72. The summed E-state index contributed by atoms with van der Waals surface area (Å²) >= 11 is 0. The molecule has 1 saturated heterocycles. The zero-order valence-corrected chi connectivity index (χ0v) is 13.3. The second-order valence-corrected chi connectivity index (χ2v) is 5.86. The number of aromatic nitrogens is 1. The molecule has 2 amide bonds. The third-order valence-corrected chi connectivity index (χ3v) is 4.05. The Morgan fingerprint density at radius 1 is 1.19 bits per heavy atom. The highest BCUT2D eigenvalue weighted by atomic mass is 19.4. The van der Waals surface area contributed by atoms with Gasteiger partial charge < -0.3 is 15.2 Å². The summed E-state index contributed by atoms with van der Waals surface area (Å²) in [5.74, 6) is -1.72. The lowest BCUT2D eigenvalue weighted by Gasteiger charge is -2.16. The Kier molecular flexibility index (Phi) is 4.54. The molecule has 6 nitrogen and oxygen atoms in total. The van der Waals surface area contributed by atoms with Crippen LogP contribution in [0.5, 0.6) is 0 Å². The number of aromatic amines is 1. The smallest absolute Gasteiger partial charge is 0.327 e. The quantitative estimate of drug-likeness (QED) is 0.876. The number of amides is 2. The summed E-state index contributed by atoms with van der Waals surface area (Å²) in [7, 11) is 0. The number of carbonyl (C=O) groups is 2. The monoisotopic (exact) mass is 365 g/mol. The molecule has 1 aliphatic heterocycles. The molecule has 26 heavy (non-hydrogen) atoms. The molecule has 0 saturated carbocycles. The Balaban J connectivity index is 1.75. The number of halogens is 3. The van der Waals surface area contributed by atoms with Gasteiger partial charge in [0, 0.05) is 24.8 Å². The number of H-pyrrole nitrogens is 1. The number of para-hydroxylation sites is 1. The highest BCUT2D eigenvalue weighted by Gasteiger charge is 2.36. The van der Waals surface area contributed by atoms with Crippen molar-refractivity contribution in [2.24, 2.45) is 5.92 Å². The van der Waals surface area contributed by atoms with E-state index in [-0.39, 0.29) is 18.9 Å². The van der Waals surface area contributed by atoms with Crippen molar-refractivity contribution in [3.05, 3.63) is 58.5 Å². The summed E-state index contributed by atoms with van der Waals surface area (Å²) in [5.41, 5.74) is -1.81. The SMILES string of the molecule is O=C(Nc1cc(C(F)(F)F)c[nH]c1=O)C1CC(=O)N(c2ccccc2)C1. The molecule has 0 radical (unpaired) electrons.